The smallest absolute Gasteiger partial charge is 0.321 e. The fraction of sp³-hybridized carbons (Fsp3) is 0.400. The van der Waals surface area contributed by atoms with Gasteiger partial charge < -0.3 is 4.74 Å². The van der Waals surface area contributed by atoms with Crippen LogP contribution >= 0.6 is 0 Å². The summed E-state index contributed by atoms with van der Waals surface area (Å²) >= 11 is 0. The van der Waals surface area contributed by atoms with Crippen LogP contribution in [0.25, 0.3) is 0 Å². The molecule has 0 aromatic carbocycles. The predicted molar refractivity (Wildman–Crippen MR) is 56.7 cm³/mol. The van der Waals surface area contributed by atoms with Crippen LogP contribution in [0.2, 0.25) is 0 Å². The fourth-order valence-electron chi connectivity index (χ4n) is 0.994. The molecule has 0 radical (unpaired) electrons. The number of carbonyl (C=O) groups is 1. The Bertz CT molecular complexity index is 353. The molecular weight excluding hydrogens is 214 g/mol. The summed E-state index contributed by atoms with van der Waals surface area (Å²) < 4.78 is 16.6. The van der Waals surface area contributed by atoms with Crippen molar-refractivity contribution in [3.63, 3.8) is 0 Å². The molecule has 0 saturated heterocycles. The van der Waals surface area contributed by atoms with Gasteiger partial charge in [-0.25, -0.2) is 4.98 Å². The highest BCUT2D eigenvalue weighted by molar-refractivity contribution is 7.86. The van der Waals surface area contributed by atoms with Crippen LogP contribution < -0.4 is 0 Å². The first kappa shape index (κ1) is 11.8. The zero-order valence-corrected chi connectivity index (χ0v) is 9.49. The zero-order valence-electron chi connectivity index (χ0n) is 8.67. The Morgan fingerprint density at radius 3 is 2.87 bits per heavy atom. The largest absolute Gasteiger partial charge is 0.465 e. The van der Waals surface area contributed by atoms with Crippen molar-refractivity contribution in [3.05, 3.63) is 24.4 Å². The van der Waals surface area contributed by atoms with Gasteiger partial charge in [0.1, 0.15) is 10.3 Å². The molecule has 0 saturated carbocycles. The van der Waals surface area contributed by atoms with Crippen LogP contribution in [-0.2, 0) is 20.3 Å². The number of aromatic nitrogens is 1. The summed E-state index contributed by atoms with van der Waals surface area (Å²) in [6.45, 7) is 3.58. The number of nitrogens with zero attached hydrogens (tertiary/aromatic N) is 1. The SMILES string of the molecule is CCOC(=O)C(C)S(=O)c1ccccn1. The summed E-state index contributed by atoms with van der Waals surface area (Å²) in [4.78, 5) is 15.2. The van der Waals surface area contributed by atoms with Crippen molar-refractivity contribution in [3.8, 4) is 0 Å². The number of hydrogen-bond acceptors (Lipinski definition) is 4. The van der Waals surface area contributed by atoms with Gasteiger partial charge >= 0.3 is 5.97 Å². The average molecular weight is 227 g/mol. The molecule has 82 valence electrons. The maximum atomic E-state index is 11.8. The Balaban J connectivity index is 2.73. The van der Waals surface area contributed by atoms with E-state index in [9.17, 15) is 9.00 Å². The molecule has 1 heterocycles. The van der Waals surface area contributed by atoms with Crippen LogP contribution in [0, 0.1) is 0 Å². The standard InChI is InChI=1S/C10H13NO3S/c1-3-14-10(12)8(2)15(13)9-6-4-5-7-11-9/h4-8H,3H2,1-2H3. The Morgan fingerprint density at radius 2 is 2.33 bits per heavy atom. The molecule has 0 fully saturated rings. The van der Waals surface area contributed by atoms with Gasteiger partial charge in [-0.1, -0.05) is 6.07 Å². The lowest BCUT2D eigenvalue weighted by Crippen LogP contribution is -2.25. The van der Waals surface area contributed by atoms with Gasteiger partial charge in [0.05, 0.1) is 17.4 Å². The van der Waals surface area contributed by atoms with Gasteiger partial charge in [-0.3, -0.25) is 9.00 Å². The second kappa shape index (κ2) is 5.60. The van der Waals surface area contributed by atoms with Gasteiger partial charge in [-0.15, -0.1) is 0 Å². The van der Waals surface area contributed by atoms with Crippen LogP contribution in [0.5, 0.6) is 0 Å². The average Bonchev–Trinajstić information content (AvgIpc) is 2.28. The van der Waals surface area contributed by atoms with Gasteiger partial charge in [0.25, 0.3) is 0 Å². The van der Waals surface area contributed by atoms with Crippen LogP contribution in [0.4, 0.5) is 0 Å². The summed E-state index contributed by atoms with van der Waals surface area (Å²) in [5.41, 5.74) is 0. The second-order valence-electron chi connectivity index (χ2n) is 2.86. The molecule has 2 unspecified atom stereocenters. The Morgan fingerprint density at radius 1 is 1.60 bits per heavy atom. The lowest BCUT2D eigenvalue weighted by atomic mass is 10.5. The van der Waals surface area contributed by atoms with Crippen molar-refractivity contribution < 1.29 is 13.7 Å². The van der Waals surface area contributed by atoms with Gasteiger partial charge in [0, 0.05) is 6.20 Å². The van der Waals surface area contributed by atoms with Gasteiger partial charge in [-0.05, 0) is 26.0 Å². The van der Waals surface area contributed by atoms with E-state index >= 15 is 0 Å². The highest BCUT2D eigenvalue weighted by Crippen LogP contribution is 2.08. The van der Waals surface area contributed by atoms with Crippen molar-refractivity contribution in [2.45, 2.75) is 24.1 Å². The number of esters is 1. The van der Waals surface area contributed by atoms with Crippen molar-refractivity contribution in [1.82, 2.24) is 4.98 Å². The number of hydrogen-bond donors (Lipinski definition) is 0. The highest BCUT2D eigenvalue weighted by Gasteiger charge is 2.23. The minimum Gasteiger partial charge on any atom is -0.465 e. The number of pyridine rings is 1. The van der Waals surface area contributed by atoms with Crippen molar-refractivity contribution in [2.75, 3.05) is 6.61 Å². The van der Waals surface area contributed by atoms with E-state index in [1.54, 1.807) is 38.2 Å². The maximum Gasteiger partial charge on any atom is 0.321 e. The molecule has 0 aliphatic carbocycles. The molecule has 0 spiro atoms. The van der Waals surface area contributed by atoms with Crippen LogP contribution in [0.3, 0.4) is 0 Å². The fourth-order valence-corrected chi connectivity index (χ4v) is 1.98. The summed E-state index contributed by atoms with van der Waals surface area (Å²) in [7, 11) is -1.45. The Hall–Kier alpha value is -1.23. The zero-order chi connectivity index (χ0) is 11.3. The van der Waals surface area contributed by atoms with Gasteiger partial charge in [-0.2, -0.15) is 0 Å². The molecule has 0 N–H and O–H groups in total. The van der Waals surface area contributed by atoms with E-state index in [2.05, 4.69) is 4.98 Å². The van der Waals surface area contributed by atoms with E-state index in [1.807, 2.05) is 0 Å². The molecule has 2 atom stereocenters. The van der Waals surface area contributed by atoms with Crippen molar-refractivity contribution >= 4 is 16.8 Å². The molecular formula is C10H13NO3S. The highest BCUT2D eigenvalue weighted by atomic mass is 32.2. The number of rotatable bonds is 4. The molecule has 5 heteroatoms. The van der Waals surface area contributed by atoms with E-state index in [1.165, 1.54) is 0 Å². The number of carbonyl (C=O) groups excluding carboxylic acids is 1. The minimum atomic E-state index is -1.45. The molecule has 0 amide bonds. The van der Waals surface area contributed by atoms with Crippen LogP contribution in [-0.4, -0.2) is 27.0 Å². The molecule has 0 aliphatic rings. The van der Waals surface area contributed by atoms with Crippen LogP contribution in [0.1, 0.15) is 13.8 Å². The van der Waals surface area contributed by atoms with Gasteiger partial charge in [0.15, 0.2) is 0 Å². The predicted octanol–water partition coefficient (Wildman–Crippen LogP) is 1.14. The molecule has 1 rings (SSSR count). The minimum absolute atomic E-state index is 0.294. The molecule has 0 aliphatic heterocycles. The third-order valence-corrected chi connectivity index (χ3v) is 3.27. The lowest BCUT2D eigenvalue weighted by Gasteiger charge is -2.09. The van der Waals surface area contributed by atoms with Crippen molar-refractivity contribution in [2.24, 2.45) is 0 Å². The maximum absolute atomic E-state index is 11.8. The summed E-state index contributed by atoms with van der Waals surface area (Å²) in [6, 6.07) is 5.10. The van der Waals surface area contributed by atoms with E-state index in [0.29, 0.717) is 11.6 Å². The first-order valence-corrected chi connectivity index (χ1v) is 5.86. The normalized spacial score (nSPS) is 14.3. The van der Waals surface area contributed by atoms with E-state index in [0.717, 1.165) is 0 Å². The van der Waals surface area contributed by atoms with Crippen LogP contribution in [0.15, 0.2) is 29.4 Å². The first-order valence-electron chi connectivity index (χ1n) is 4.65. The van der Waals surface area contributed by atoms with E-state index in [4.69, 9.17) is 4.74 Å². The molecule has 0 bridgehead atoms. The Labute approximate surface area is 91.1 Å². The topological polar surface area (TPSA) is 56.3 Å². The third-order valence-electron chi connectivity index (χ3n) is 1.78. The molecule has 1 aromatic rings. The van der Waals surface area contributed by atoms with Gasteiger partial charge in [0.2, 0.25) is 0 Å². The van der Waals surface area contributed by atoms with E-state index < -0.39 is 22.0 Å². The summed E-state index contributed by atoms with van der Waals surface area (Å²) in [5, 5.41) is -0.280. The quantitative estimate of drug-likeness (QED) is 0.724. The number of ether oxygens (including phenoxy) is 1. The second-order valence-corrected chi connectivity index (χ2v) is 4.58. The lowest BCUT2D eigenvalue weighted by molar-refractivity contribution is -0.142. The molecule has 15 heavy (non-hydrogen) atoms. The Kier molecular flexibility index (Phi) is 4.42. The summed E-state index contributed by atoms with van der Waals surface area (Å²) in [5.74, 6) is -0.457. The first-order chi connectivity index (χ1) is 7.16. The van der Waals surface area contributed by atoms with E-state index in [-0.39, 0.29) is 0 Å². The summed E-state index contributed by atoms with van der Waals surface area (Å²) in [6.07, 6.45) is 1.55. The van der Waals surface area contributed by atoms with Crippen molar-refractivity contribution in [1.29, 1.82) is 0 Å². The monoisotopic (exact) mass is 227 g/mol. The molecule has 1 aromatic heterocycles. The molecule has 4 nitrogen and oxygen atoms in total. The third kappa shape index (κ3) is 3.13.